The first-order valence-electron chi connectivity index (χ1n) is 8.62. The Kier molecular flexibility index (Phi) is 4.81. The molecule has 5 nitrogen and oxygen atoms in total. The molecular formula is C19H26N2O3. The Balaban J connectivity index is 1.77. The summed E-state index contributed by atoms with van der Waals surface area (Å²) in [4.78, 5) is 12.5. The quantitative estimate of drug-likeness (QED) is 0.900. The molecule has 1 aromatic heterocycles. The summed E-state index contributed by atoms with van der Waals surface area (Å²) in [5.41, 5.74) is 7.85. The van der Waals surface area contributed by atoms with Crippen LogP contribution in [0.1, 0.15) is 50.0 Å². The van der Waals surface area contributed by atoms with Crippen LogP contribution >= 0.6 is 0 Å². The van der Waals surface area contributed by atoms with E-state index in [1.807, 2.05) is 32.0 Å². The van der Waals surface area contributed by atoms with Gasteiger partial charge in [0.05, 0.1) is 13.2 Å². The summed E-state index contributed by atoms with van der Waals surface area (Å²) in [6.45, 7) is 3.97. The minimum absolute atomic E-state index is 0.0148. The van der Waals surface area contributed by atoms with Gasteiger partial charge >= 0.3 is 0 Å². The predicted molar refractivity (Wildman–Crippen MR) is 94.0 cm³/mol. The molecular weight excluding hydrogens is 304 g/mol. The molecule has 1 amide bonds. The van der Waals surface area contributed by atoms with Gasteiger partial charge in [0.15, 0.2) is 0 Å². The average Bonchev–Trinajstić information content (AvgIpc) is 2.91. The highest BCUT2D eigenvalue weighted by Gasteiger charge is 2.27. The van der Waals surface area contributed by atoms with E-state index in [2.05, 4.69) is 5.32 Å². The fraction of sp³-hybridized carbons (Fsp3) is 0.526. The minimum atomic E-state index is -0.172. The van der Waals surface area contributed by atoms with Crippen LogP contribution in [0.3, 0.4) is 0 Å². The summed E-state index contributed by atoms with van der Waals surface area (Å²) < 4.78 is 11.3. The van der Waals surface area contributed by atoms with E-state index in [4.69, 9.17) is 14.9 Å². The number of nitrogens with one attached hydrogen (secondary N) is 1. The molecule has 0 bridgehead atoms. The van der Waals surface area contributed by atoms with E-state index < -0.39 is 0 Å². The third-order valence-corrected chi connectivity index (χ3v) is 5.02. The van der Waals surface area contributed by atoms with Crippen molar-refractivity contribution in [1.82, 2.24) is 5.32 Å². The average molecular weight is 330 g/mol. The Morgan fingerprint density at radius 2 is 2.21 bits per heavy atom. The van der Waals surface area contributed by atoms with Gasteiger partial charge in [-0.05, 0) is 51.3 Å². The van der Waals surface area contributed by atoms with Gasteiger partial charge in [-0.1, -0.05) is 6.42 Å². The van der Waals surface area contributed by atoms with Crippen molar-refractivity contribution >= 4 is 16.9 Å². The number of rotatable bonds is 4. The van der Waals surface area contributed by atoms with Gasteiger partial charge in [0.25, 0.3) is 0 Å². The number of aryl methyl sites for hydroxylation is 1. The first-order valence-corrected chi connectivity index (χ1v) is 8.62. The summed E-state index contributed by atoms with van der Waals surface area (Å²) in [5, 5.41) is 4.12. The van der Waals surface area contributed by atoms with Crippen LogP contribution in [0.2, 0.25) is 0 Å². The number of furan rings is 1. The molecule has 1 saturated carbocycles. The molecule has 130 valence electrons. The van der Waals surface area contributed by atoms with Crippen molar-refractivity contribution in [2.24, 2.45) is 11.7 Å². The molecule has 0 spiro atoms. The molecule has 1 aromatic carbocycles. The number of fused-ring (bicyclic) bond motifs is 1. The molecule has 0 radical (unpaired) electrons. The zero-order valence-electron chi connectivity index (χ0n) is 14.6. The van der Waals surface area contributed by atoms with Crippen molar-refractivity contribution < 1.29 is 13.9 Å². The van der Waals surface area contributed by atoms with Crippen LogP contribution in [0.5, 0.6) is 5.75 Å². The number of hydrogen-bond acceptors (Lipinski definition) is 4. The lowest BCUT2D eigenvalue weighted by Crippen LogP contribution is -2.38. The number of ether oxygens (including phenoxy) is 1. The maximum absolute atomic E-state index is 12.5. The van der Waals surface area contributed by atoms with E-state index in [1.54, 1.807) is 7.11 Å². The molecule has 5 heteroatoms. The summed E-state index contributed by atoms with van der Waals surface area (Å²) in [6, 6.07) is 5.72. The molecule has 24 heavy (non-hydrogen) atoms. The van der Waals surface area contributed by atoms with Gasteiger partial charge in [0.2, 0.25) is 5.91 Å². The van der Waals surface area contributed by atoms with Gasteiger partial charge in [-0.3, -0.25) is 4.79 Å². The van der Waals surface area contributed by atoms with Crippen molar-refractivity contribution in [3.8, 4) is 5.75 Å². The number of carbonyl (C=O) groups excluding carboxylic acids is 1. The number of hydrogen-bond donors (Lipinski definition) is 2. The second-order valence-electron chi connectivity index (χ2n) is 6.81. The third-order valence-electron chi connectivity index (χ3n) is 5.02. The van der Waals surface area contributed by atoms with Crippen LogP contribution in [0.25, 0.3) is 11.0 Å². The largest absolute Gasteiger partial charge is 0.497 e. The van der Waals surface area contributed by atoms with Crippen LogP contribution in [-0.4, -0.2) is 19.1 Å². The lowest BCUT2D eigenvalue weighted by Gasteiger charge is -2.26. The number of benzene rings is 1. The van der Waals surface area contributed by atoms with Crippen molar-refractivity contribution in [2.75, 3.05) is 7.11 Å². The summed E-state index contributed by atoms with van der Waals surface area (Å²) >= 11 is 0. The number of carbonyl (C=O) groups is 1. The molecule has 0 aliphatic heterocycles. The molecule has 2 aromatic rings. The van der Waals surface area contributed by atoms with E-state index in [-0.39, 0.29) is 23.9 Å². The zero-order chi connectivity index (χ0) is 17.3. The van der Waals surface area contributed by atoms with Crippen molar-refractivity contribution in [3.63, 3.8) is 0 Å². The summed E-state index contributed by atoms with van der Waals surface area (Å²) in [7, 11) is 1.65. The maximum Gasteiger partial charge on any atom is 0.223 e. The van der Waals surface area contributed by atoms with Gasteiger partial charge in [-0.15, -0.1) is 0 Å². The molecule has 1 aliphatic carbocycles. The van der Waals surface area contributed by atoms with Crippen molar-refractivity contribution in [3.05, 3.63) is 29.5 Å². The van der Waals surface area contributed by atoms with E-state index >= 15 is 0 Å². The summed E-state index contributed by atoms with van der Waals surface area (Å²) in [6.07, 6.45) is 3.73. The van der Waals surface area contributed by atoms with Crippen molar-refractivity contribution in [1.29, 1.82) is 0 Å². The van der Waals surface area contributed by atoms with E-state index in [0.29, 0.717) is 0 Å². The van der Waals surface area contributed by atoms with E-state index in [1.165, 1.54) is 0 Å². The van der Waals surface area contributed by atoms with Gasteiger partial charge in [-0.2, -0.15) is 0 Å². The highest BCUT2D eigenvalue weighted by Crippen LogP contribution is 2.32. The minimum Gasteiger partial charge on any atom is -0.497 e. The first-order chi connectivity index (χ1) is 11.5. The Bertz CT molecular complexity index is 738. The second-order valence-corrected chi connectivity index (χ2v) is 6.81. The highest BCUT2D eigenvalue weighted by atomic mass is 16.5. The molecule has 3 N–H and O–H groups in total. The van der Waals surface area contributed by atoms with Crippen molar-refractivity contribution in [2.45, 2.75) is 51.6 Å². The Morgan fingerprint density at radius 3 is 2.92 bits per heavy atom. The van der Waals surface area contributed by atoms with Gasteiger partial charge in [0, 0.05) is 22.9 Å². The van der Waals surface area contributed by atoms with Gasteiger partial charge in [-0.25, -0.2) is 0 Å². The summed E-state index contributed by atoms with van der Waals surface area (Å²) in [5.74, 6) is 1.69. The lowest BCUT2D eigenvalue weighted by molar-refractivity contribution is -0.126. The second kappa shape index (κ2) is 6.85. The molecule has 1 aliphatic rings. The molecule has 0 saturated heterocycles. The van der Waals surface area contributed by atoms with Crippen LogP contribution in [0.15, 0.2) is 22.6 Å². The maximum atomic E-state index is 12.5. The number of amides is 1. The number of nitrogens with two attached hydrogens (primary N) is 1. The van der Waals surface area contributed by atoms with Crippen LogP contribution in [-0.2, 0) is 4.79 Å². The standard InChI is InChI=1S/C19H26N2O3/c1-11-16-10-15(23-3)7-8-17(16)24-18(11)12(2)21-19(22)13-5-4-6-14(20)9-13/h7-8,10,12-14H,4-6,9,20H2,1-3H3,(H,21,22). The Labute approximate surface area is 142 Å². The fourth-order valence-corrected chi connectivity index (χ4v) is 3.62. The van der Waals surface area contributed by atoms with E-state index in [9.17, 15) is 4.79 Å². The Hall–Kier alpha value is -2.01. The van der Waals surface area contributed by atoms with Crippen LogP contribution < -0.4 is 15.8 Å². The fourth-order valence-electron chi connectivity index (χ4n) is 3.62. The smallest absolute Gasteiger partial charge is 0.223 e. The normalized spacial score (nSPS) is 22.3. The van der Waals surface area contributed by atoms with Crippen LogP contribution in [0, 0.1) is 12.8 Å². The molecule has 3 unspecified atom stereocenters. The highest BCUT2D eigenvalue weighted by molar-refractivity contribution is 5.84. The first kappa shape index (κ1) is 16.8. The lowest BCUT2D eigenvalue weighted by atomic mass is 9.85. The third kappa shape index (κ3) is 3.26. The number of methoxy groups -OCH3 is 1. The zero-order valence-corrected chi connectivity index (χ0v) is 14.6. The topological polar surface area (TPSA) is 77.5 Å². The van der Waals surface area contributed by atoms with Gasteiger partial charge < -0.3 is 20.2 Å². The SMILES string of the molecule is COc1ccc2oc(C(C)NC(=O)C3CCCC(N)C3)c(C)c2c1. The molecule has 3 atom stereocenters. The molecule has 1 heterocycles. The monoisotopic (exact) mass is 330 g/mol. The van der Waals surface area contributed by atoms with Crippen LogP contribution in [0.4, 0.5) is 0 Å². The van der Waals surface area contributed by atoms with E-state index in [0.717, 1.165) is 53.7 Å². The van der Waals surface area contributed by atoms with Gasteiger partial charge in [0.1, 0.15) is 17.1 Å². The molecule has 1 fully saturated rings. The predicted octanol–water partition coefficient (Wildman–Crippen LogP) is 3.44. The molecule has 3 rings (SSSR count). The Morgan fingerprint density at radius 1 is 1.42 bits per heavy atom.